The third kappa shape index (κ3) is 3.50. The molecule has 140 valence electrons. The van der Waals surface area contributed by atoms with Gasteiger partial charge in [-0.25, -0.2) is 0 Å². The molecule has 3 aromatic heterocycles. The van der Waals surface area contributed by atoms with Crippen LogP contribution in [0.15, 0.2) is 35.1 Å². The van der Waals surface area contributed by atoms with Crippen LogP contribution in [-0.2, 0) is 19.6 Å². The minimum Gasteiger partial charge on any atom is -0.339 e. The summed E-state index contributed by atoms with van der Waals surface area (Å²) in [6.07, 6.45) is 5.71. The van der Waals surface area contributed by atoms with E-state index in [-0.39, 0.29) is 5.92 Å². The summed E-state index contributed by atoms with van der Waals surface area (Å²) in [5.74, 6) is 1.62. The number of rotatable bonds is 4. The SMILES string of the molecule is c1cncc(-c2noc([C@@H]3CCCN(Cc4cc5n(n4)CCNC5)C3)n2)c1. The van der Waals surface area contributed by atoms with Crippen LogP contribution >= 0.6 is 0 Å². The van der Waals surface area contributed by atoms with Gasteiger partial charge in [-0.05, 0) is 37.6 Å². The van der Waals surface area contributed by atoms with Gasteiger partial charge in [0.15, 0.2) is 0 Å². The molecule has 27 heavy (non-hydrogen) atoms. The van der Waals surface area contributed by atoms with Gasteiger partial charge < -0.3 is 9.84 Å². The molecule has 0 radical (unpaired) electrons. The van der Waals surface area contributed by atoms with Crippen molar-refractivity contribution in [2.45, 2.75) is 38.4 Å². The summed E-state index contributed by atoms with van der Waals surface area (Å²) < 4.78 is 7.71. The maximum atomic E-state index is 5.58. The lowest BCUT2D eigenvalue weighted by Crippen LogP contribution is -2.34. The van der Waals surface area contributed by atoms with Crippen molar-refractivity contribution in [3.8, 4) is 11.4 Å². The predicted octanol–water partition coefficient (Wildman–Crippen LogP) is 1.81. The molecule has 0 saturated carbocycles. The fraction of sp³-hybridized carbons (Fsp3) is 0.474. The Morgan fingerprint density at radius 1 is 1.30 bits per heavy atom. The third-order valence-electron chi connectivity index (χ3n) is 5.32. The van der Waals surface area contributed by atoms with Crippen molar-refractivity contribution in [2.75, 3.05) is 19.6 Å². The minimum absolute atomic E-state index is 0.274. The normalized spacial score (nSPS) is 20.5. The fourth-order valence-electron chi connectivity index (χ4n) is 3.97. The van der Waals surface area contributed by atoms with E-state index in [9.17, 15) is 0 Å². The molecule has 0 aliphatic carbocycles. The van der Waals surface area contributed by atoms with Crippen molar-refractivity contribution in [2.24, 2.45) is 0 Å². The van der Waals surface area contributed by atoms with Crippen LogP contribution in [0.5, 0.6) is 0 Å². The van der Waals surface area contributed by atoms with Crippen molar-refractivity contribution in [3.05, 3.63) is 47.9 Å². The number of nitrogens with zero attached hydrogens (tertiary/aromatic N) is 6. The monoisotopic (exact) mass is 365 g/mol. The highest BCUT2D eigenvalue weighted by atomic mass is 16.5. The number of hydrogen-bond donors (Lipinski definition) is 1. The maximum absolute atomic E-state index is 5.58. The number of piperidine rings is 1. The molecular formula is C19H23N7O. The highest BCUT2D eigenvalue weighted by Crippen LogP contribution is 2.28. The standard InChI is InChI=1S/C19H23N7O/c1-3-14(10-20-5-1)18-22-19(27-24-18)15-4-2-7-25(12-15)13-16-9-17-11-21-6-8-26(17)23-16/h1,3,5,9-10,15,21H,2,4,6-8,11-13H2/t15-/m1/s1. The Morgan fingerprint density at radius 3 is 3.19 bits per heavy atom. The molecule has 8 heteroatoms. The molecule has 5 heterocycles. The number of aromatic nitrogens is 5. The molecule has 1 fully saturated rings. The molecule has 0 bridgehead atoms. The summed E-state index contributed by atoms with van der Waals surface area (Å²) >= 11 is 0. The molecule has 1 atom stereocenters. The van der Waals surface area contributed by atoms with Crippen LogP contribution in [0.4, 0.5) is 0 Å². The molecule has 0 spiro atoms. The summed E-state index contributed by atoms with van der Waals surface area (Å²) in [5, 5.41) is 12.3. The van der Waals surface area contributed by atoms with Crippen LogP contribution < -0.4 is 5.32 Å². The molecule has 3 aromatic rings. The lowest BCUT2D eigenvalue weighted by molar-refractivity contribution is 0.178. The molecule has 5 rings (SSSR count). The van der Waals surface area contributed by atoms with Gasteiger partial charge >= 0.3 is 0 Å². The average Bonchev–Trinajstić information content (AvgIpc) is 3.36. The van der Waals surface area contributed by atoms with Crippen LogP contribution in [0.1, 0.15) is 36.0 Å². The zero-order valence-corrected chi connectivity index (χ0v) is 15.2. The molecule has 0 amide bonds. The summed E-state index contributed by atoms with van der Waals surface area (Å²) in [4.78, 5) is 11.2. The van der Waals surface area contributed by atoms with E-state index in [0.717, 1.165) is 69.3 Å². The Bertz CT molecular complexity index is 880. The molecule has 1 N–H and O–H groups in total. The van der Waals surface area contributed by atoms with Gasteiger partial charge in [-0.1, -0.05) is 5.16 Å². The number of pyridine rings is 1. The van der Waals surface area contributed by atoms with Gasteiger partial charge in [0.05, 0.1) is 23.9 Å². The van der Waals surface area contributed by atoms with Crippen molar-refractivity contribution in [1.82, 2.24) is 35.1 Å². The second-order valence-corrected chi connectivity index (χ2v) is 7.30. The van der Waals surface area contributed by atoms with E-state index in [1.54, 1.807) is 12.4 Å². The van der Waals surface area contributed by atoms with Gasteiger partial charge in [-0.2, -0.15) is 10.1 Å². The topological polar surface area (TPSA) is 84.9 Å². The van der Waals surface area contributed by atoms with E-state index >= 15 is 0 Å². The molecule has 2 aliphatic rings. The summed E-state index contributed by atoms with van der Waals surface area (Å²) in [6.45, 7) is 5.75. The Hall–Kier alpha value is -2.58. The predicted molar refractivity (Wildman–Crippen MR) is 98.7 cm³/mol. The zero-order chi connectivity index (χ0) is 18.1. The first kappa shape index (κ1) is 16.6. The number of nitrogens with one attached hydrogen (secondary N) is 1. The molecular weight excluding hydrogens is 342 g/mol. The first-order chi connectivity index (χ1) is 13.3. The summed E-state index contributed by atoms with van der Waals surface area (Å²) in [6, 6.07) is 6.06. The quantitative estimate of drug-likeness (QED) is 0.755. The Labute approximate surface area is 157 Å². The smallest absolute Gasteiger partial charge is 0.231 e. The molecule has 2 aliphatic heterocycles. The first-order valence-corrected chi connectivity index (χ1v) is 9.58. The zero-order valence-electron chi connectivity index (χ0n) is 15.2. The molecule has 8 nitrogen and oxygen atoms in total. The minimum atomic E-state index is 0.274. The Balaban J connectivity index is 1.27. The third-order valence-corrected chi connectivity index (χ3v) is 5.32. The molecule has 0 unspecified atom stereocenters. The van der Waals surface area contributed by atoms with Crippen molar-refractivity contribution < 1.29 is 4.52 Å². The van der Waals surface area contributed by atoms with Crippen molar-refractivity contribution >= 4 is 0 Å². The van der Waals surface area contributed by atoms with Crippen LogP contribution in [0.25, 0.3) is 11.4 Å². The number of likely N-dealkylation sites (tertiary alicyclic amines) is 1. The average molecular weight is 365 g/mol. The maximum Gasteiger partial charge on any atom is 0.231 e. The number of hydrogen-bond acceptors (Lipinski definition) is 7. The Kier molecular flexibility index (Phi) is 4.43. The lowest BCUT2D eigenvalue weighted by atomic mass is 9.98. The molecule has 0 aromatic carbocycles. The molecule has 1 saturated heterocycles. The van der Waals surface area contributed by atoms with Crippen LogP contribution in [0, 0.1) is 0 Å². The van der Waals surface area contributed by atoms with E-state index in [4.69, 9.17) is 9.62 Å². The van der Waals surface area contributed by atoms with Gasteiger partial charge in [0, 0.05) is 44.1 Å². The summed E-state index contributed by atoms with van der Waals surface area (Å²) in [7, 11) is 0. The second kappa shape index (κ2) is 7.21. The van der Waals surface area contributed by atoms with E-state index in [0.29, 0.717) is 5.82 Å². The van der Waals surface area contributed by atoms with Gasteiger partial charge in [-0.3, -0.25) is 14.6 Å². The van der Waals surface area contributed by atoms with Crippen molar-refractivity contribution in [1.29, 1.82) is 0 Å². The Morgan fingerprint density at radius 2 is 2.30 bits per heavy atom. The highest BCUT2D eigenvalue weighted by molar-refractivity contribution is 5.51. The van der Waals surface area contributed by atoms with E-state index in [1.165, 1.54) is 5.69 Å². The second-order valence-electron chi connectivity index (χ2n) is 7.30. The van der Waals surface area contributed by atoms with Crippen LogP contribution in [-0.4, -0.2) is 49.4 Å². The largest absolute Gasteiger partial charge is 0.339 e. The van der Waals surface area contributed by atoms with E-state index in [1.807, 2.05) is 12.1 Å². The van der Waals surface area contributed by atoms with Gasteiger partial charge in [0.2, 0.25) is 11.7 Å². The van der Waals surface area contributed by atoms with Gasteiger partial charge in [-0.15, -0.1) is 0 Å². The number of fused-ring (bicyclic) bond motifs is 1. The first-order valence-electron chi connectivity index (χ1n) is 9.58. The van der Waals surface area contributed by atoms with Crippen LogP contribution in [0.2, 0.25) is 0 Å². The lowest BCUT2D eigenvalue weighted by Gasteiger charge is -2.30. The summed E-state index contributed by atoms with van der Waals surface area (Å²) in [5.41, 5.74) is 3.32. The van der Waals surface area contributed by atoms with E-state index < -0.39 is 0 Å². The van der Waals surface area contributed by atoms with Gasteiger partial charge in [0.1, 0.15) is 0 Å². The van der Waals surface area contributed by atoms with Crippen LogP contribution in [0.3, 0.4) is 0 Å². The fourth-order valence-corrected chi connectivity index (χ4v) is 3.97. The van der Waals surface area contributed by atoms with Crippen molar-refractivity contribution in [3.63, 3.8) is 0 Å². The van der Waals surface area contributed by atoms with E-state index in [2.05, 4.69) is 36.1 Å². The highest BCUT2D eigenvalue weighted by Gasteiger charge is 2.27. The van der Waals surface area contributed by atoms with Gasteiger partial charge in [0.25, 0.3) is 0 Å².